The van der Waals surface area contributed by atoms with Gasteiger partial charge in [-0.25, -0.2) is 0 Å². The SMILES string of the molecule is CN1CCC(c2ccc(C(=O)Nc3ccc(C4CC4(N)c4ccccc4)cc3)cc2)CC1.Cl.Cl. The van der Waals surface area contributed by atoms with Crippen LogP contribution in [0.15, 0.2) is 78.9 Å². The highest BCUT2D eigenvalue weighted by molar-refractivity contribution is 6.04. The van der Waals surface area contributed by atoms with E-state index in [0.29, 0.717) is 17.4 Å². The number of anilines is 1. The average molecular weight is 498 g/mol. The molecule has 6 heteroatoms. The van der Waals surface area contributed by atoms with Crippen LogP contribution in [0.25, 0.3) is 0 Å². The van der Waals surface area contributed by atoms with Crippen molar-refractivity contribution in [2.45, 2.75) is 36.6 Å². The van der Waals surface area contributed by atoms with Crippen LogP contribution in [0.5, 0.6) is 0 Å². The minimum atomic E-state index is -0.276. The molecule has 2 aliphatic rings. The van der Waals surface area contributed by atoms with Crippen LogP contribution < -0.4 is 11.1 Å². The molecule has 4 nitrogen and oxygen atoms in total. The third-order valence-electron chi connectivity index (χ3n) is 7.25. The van der Waals surface area contributed by atoms with Crippen LogP contribution in [0.4, 0.5) is 5.69 Å². The number of amides is 1. The Hall–Kier alpha value is -2.37. The quantitative estimate of drug-likeness (QED) is 0.458. The number of likely N-dealkylation sites (tertiary alicyclic amines) is 1. The number of carbonyl (C=O) groups is 1. The van der Waals surface area contributed by atoms with Gasteiger partial charge in [-0.15, -0.1) is 24.8 Å². The lowest BCUT2D eigenvalue weighted by Gasteiger charge is -2.29. The molecular weight excluding hydrogens is 465 g/mol. The second-order valence-corrected chi connectivity index (χ2v) is 9.44. The van der Waals surface area contributed by atoms with Gasteiger partial charge in [0.2, 0.25) is 0 Å². The lowest BCUT2D eigenvalue weighted by Crippen LogP contribution is -2.29. The molecule has 1 saturated heterocycles. The Labute approximate surface area is 214 Å². The zero-order valence-electron chi connectivity index (χ0n) is 19.4. The van der Waals surface area contributed by atoms with Crippen molar-refractivity contribution >= 4 is 36.4 Å². The fourth-order valence-corrected chi connectivity index (χ4v) is 5.01. The summed E-state index contributed by atoms with van der Waals surface area (Å²) in [4.78, 5) is 15.1. The molecular formula is C28H33Cl2N3O. The predicted molar refractivity (Wildman–Crippen MR) is 144 cm³/mol. The largest absolute Gasteiger partial charge is 0.322 e. The number of piperidine rings is 1. The first-order valence-corrected chi connectivity index (χ1v) is 11.6. The molecule has 0 radical (unpaired) electrons. The fraction of sp³-hybridized carbons (Fsp3) is 0.321. The number of rotatable bonds is 5. The van der Waals surface area contributed by atoms with Gasteiger partial charge in [0.1, 0.15) is 0 Å². The first-order chi connectivity index (χ1) is 15.5. The maximum Gasteiger partial charge on any atom is 0.255 e. The fourth-order valence-electron chi connectivity index (χ4n) is 5.01. The predicted octanol–water partition coefficient (Wildman–Crippen LogP) is 5.93. The highest BCUT2D eigenvalue weighted by Gasteiger charge is 2.52. The van der Waals surface area contributed by atoms with E-state index in [1.807, 2.05) is 42.5 Å². The smallest absolute Gasteiger partial charge is 0.255 e. The first-order valence-electron chi connectivity index (χ1n) is 11.6. The number of nitrogens with one attached hydrogen (secondary N) is 1. The Balaban J connectivity index is 0.00000162. The summed E-state index contributed by atoms with van der Waals surface area (Å²) in [6.45, 7) is 2.28. The highest BCUT2D eigenvalue weighted by atomic mass is 35.5. The van der Waals surface area contributed by atoms with Crippen molar-refractivity contribution in [1.29, 1.82) is 0 Å². The molecule has 34 heavy (non-hydrogen) atoms. The van der Waals surface area contributed by atoms with Crippen molar-refractivity contribution in [3.63, 3.8) is 0 Å². The maximum atomic E-state index is 12.7. The summed E-state index contributed by atoms with van der Waals surface area (Å²) in [7, 11) is 2.18. The summed E-state index contributed by atoms with van der Waals surface area (Å²) in [6, 6.07) is 26.6. The number of hydrogen-bond donors (Lipinski definition) is 2. The van der Waals surface area contributed by atoms with E-state index in [9.17, 15) is 4.79 Å². The first kappa shape index (κ1) is 26.2. The molecule has 3 aromatic rings. The van der Waals surface area contributed by atoms with Crippen LogP contribution >= 0.6 is 24.8 Å². The number of hydrogen-bond acceptors (Lipinski definition) is 3. The van der Waals surface area contributed by atoms with Gasteiger partial charge in [0, 0.05) is 22.7 Å². The van der Waals surface area contributed by atoms with Gasteiger partial charge in [-0.3, -0.25) is 4.79 Å². The van der Waals surface area contributed by atoms with Gasteiger partial charge in [0.15, 0.2) is 0 Å². The van der Waals surface area contributed by atoms with Gasteiger partial charge in [0.05, 0.1) is 0 Å². The van der Waals surface area contributed by atoms with Crippen molar-refractivity contribution in [2.75, 3.05) is 25.5 Å². The third-order valence-corrected chi connectivity index (χ3v) is 7.25. The lowest BCUT2D eigenvalue weighted by molar-refractivity contribution is 0.102. The summed E-state index contributed by atoms with van der Waals surface area (Å²) in [5.41, 5.74) is 11.6. The summed E-state index contributed by atoms with van der Waals surface area (Å²) in [5.74, 6) is 0.849. The van der Waals surface area contributed by atoms with Crippen molar-refractivity contribution in [3.05, 3.63) is 101 Å². The molecule has 180 valence electrons. The van der Waals surface area contributed by atoms with Crippen LogP contribution in [0.3, 0.4) is 0 Å². The van der Waals surface area contributed by atoms with E-state index >= 15 is 0 Å². The third kappa shape index (κ3) is 5.47. The number of nitrogens with zero attached hydrogens (tertiary/aromatic N) is 1. The molecule has 5 rings (SSSR count). The van der Waals surface area contributed by atoms with Crippen LogP contribution in [-0.2, 0) is 5.54 Å². The van der Waals surface area contributed by atoms with Crippen LogP contribution in [0.1, 0.15) is 58.1 Å². The second-order valence-electron chi connectivity index (χ2n) is 9.44. The number of halogens is 2. The van der Waals surface area contributed by atoms with E-state index in [4.69, 9.17) is 5.73 Å². The van der Waals surface area contributed by atoms with Crippen LogP contribution in [-0.4, -0.2) is 30.9 Å². The summed E-state index contributed by atoms with van der Waals surface area (Å²) < 4.78 is 0. The van der Waals surface area contributed by atoms with Crippen LogP contribution in [0, 0.1) is 0 Å². The van der Waals surface area contributed by atoms with E-state index in [2.05, 4.69) is 53.7 Å². The number of benzene rings is 3. The molecule has 1 amide bonds. The van der Waals surface area contributed by atoms with Crippen molar-refractivity contribution in [1.82, 2.24) is 4.90 Å². The molecule has 0 bridgehead atoms. The molecule has 2 unspecified atom stereocenters. The molecule has 3 N–H and O–H groups in total. The lowest BCUT2D eigenvalue weighted by atomic mass is 9.89. The zero-order valence-corrected chi connectivity index (χ0v) is 21.1. The maximum absolute atomic E-state index is 12.7. The van der Waals surface area contributed by atoms with E-state index in [0.717, 1.165) is 25.2 Å². The van der Waals surface area contributed by atoms with Crippen molar-refractivity contribution in [3.8, 4) is 0 Å². The average Bonchev–Trinajstić information content (AvgIpc) is 3.53. The van der Waals surface area contributed by atoms with Crippen molar-refractivity contribution in [2.24, 2.45) is 5.73 Å². The standard InChI is InChI=1S/C28H31N3O.2ClH/c1-31-17-15-21(16-18-31)20-7-9-23(10-8-20)27(32)30-25-13-11-22(12-14-25)26-19-28(26,29)24-5-3-2-4-6-24;;/h2-14,21,26H,15-19,29H2,1H3,(H,30,32);2*1H. The topological polar surface area (TPSA) is 58.4 Å². The minimum absolute atomic E-state index is 0. The van der Waals surface area contributed by atoms with Gasteiger partial charge >= 0.3 is 0 Å². The van der Waals surface area contributed by atoms with E-state index < -0.39 is 0 Å². The Morgan fingerprint density at radius 1 is 0.882 bits per heavy atom. The van der Waals surface area contributed by atoms with Gasteiger partial charge in [-0.1, -0.05) is 54.6 Å². The summed E-state index contributed by atoms with van der Waals surface area (Å²) >= 11 is 0. The number of carbonyl (C=O) groups excluding carboxylic acids is 1. The Bertz CT molecular complexity index is 1080. The minimum Gasteiger partial charge on any atom is -0.322 e. The van der Waals surface area contributed by atoms with Gasteiger partial charge in [-0.05, 0) is 86.3 Å². The normalized spacial score (nSPS) is 22.2. The molecule has 3 aromatic carbocycles. The Kier molecular flexibility index (Phi) is 8.43. The molecule has 1 heterocycles. The Morgan fingerprint density at radius 3 is 2.09 bits per heavy atom. The van der Waals surface area contributed by atoms with Crippen molar-refractivity contribution < 1.29 is 4.79 Å². The molecule has 2 atom stereocenters. The van der Waals surface area contributed by atoms with Gasteiger partial charge in [0.25, 0.3) is 5.91 Å². The number of nitrogens with two attached hydrogens (primary N) is 1. The molecule has 0 spiro atoms. The summed E-state index contributed by atoms with van der Waals surface area (Å²) in [6.07, 6.45) is 3.32. The van der Waals surface area contributed by atoms with E-state index in [1.54, 1.807) is 0 Å². The second kappa shape index (κ2) is 10.9. The summed E-state index contributed by atoms with van der Waals surface area (Å²) in [5, 5.41) is 3.03. The highest BCUT2D eigenvalue weighted by Crippen LogP contribution is 2.56. The molecule has 1 aliphatic heterocycles. The monoisotopic (exact) mass is 497 g/mol. The molecule has 1 saturated carbocycles. The van der Waals surface area contributed by atoms with Gasteiger partial charge < -0.3 is 16.0 Å². The molecule has 2 fully saturated rings. The van der Waals surface area contributed by atoms with E-state index in [-0.39, 0.29) is 36.3 Å². The Morgan fingerprint density at radius 2 is 1.47 bits per heavy atom. The van der Waals surface area contributed by atoms with Crippen LogP contribution in [0.2, 0.25) is 0 Å². The zero-order chi connectivity index (χ0) is 22.1. The molecule has 0 aromatic heterocycles. The molecule has 1 aliphatic carbocycles. The van der Waals surface area contributed by atoms with Gasteiger partial charge in [-0.2, -0.15) is 0 Å². The van der Waals surface area contributed by atoms with E-state index in [1.165, 1.54) is 29.5 Å².